The van der Waals surface area contributed by atoms with E-state index < -0.39 is 11.8 Å². The molecule has 0 saturated carbocycles. The topological polar surface area (TPSA) is 76.7 Å². The maximum absolute atomic E-state index is 12.8. The SMILES string of the molecule is O=C(NNC(=O)c1ccccc1OCc1ccccc1)c1ccccc1OCCc1ccccc1. The fourth-order valence-electron chi connectivity index (χ4n) is 3.47. The van der Waals surface area contributed by atoms with Crippen LogP contribution in [0.1, 0.15) is 31.8 Å². The van der Waals surface area contributed by atoms with Gasteiger partial charge in [-0.25, -0.2) is 0 Å². The molecule has 2 amide bonds. The molecule has 6 nitrogen and oxygen atoms in total. The van der Waals surface area contributed by atoms with Crippen molar-refractivity contribution in [3.8, 4) is 11.5 Å². The maximum atomic E-state index is 12.8. The van der Waals surface area contributed by atoms with Crippen molar-refractivity contribution >= 4 is 11.8 Å². The Kier molecular flexibility index (Phi) is 8.11. The van der Waals surface area contributed by atoms with E-state index in [1.54, 1.807) is 48.5 Å². The number of benzene rings is 4. The monoisotopic (exact) mass is 466 g/mol. The molecule has 0 aliphatic heterocycles. The molecule has 0 heterocycles. The van der Waals surface area contributed by atoms with Crippen LogP contribution in [0.15, 0.2) is 109 Å². The number of carbonyl (C=O) groups excluding carboxylic acids is 2. The fourth-order valence-corrected chi connectivity index (χ4v) is 3.47. The number of amides is 2. The summed E-state index contributed by atoms with van der Waals surface area (Å²) in [7, 11) is 0. The van der Waals surface area contributed by atoms with Gasteiger partial charge >= 0.3 is 0 Å². The first kappa shape index (κ1) is 23.6. The Morgan fingerprint density at radius 1 is 0.543 bits per heavy atom. The molecule has 0 unspecified atom stereocenters. The van der Waals surface area contributed by atoms with Crippen molar-refractivity contribution < 1.29 is 19.1 Å². The van der Waals surface area contributed by atoms with E-state index in [1.807, 2.05) is 60.7 Å². The number of hydrazine groups is 1. The minimum absolute atomic E-state index is 0.316. The van der Waals surface area contributed by atoms with Crippen LogP contribution in [0.5, 0.6) is 11.5 Å². The lowest BCUT2D eigenvalue weighted by Gasteiger charge is -2.14. The first-order valence-electron chi connectivity index (χ1n) is 11.3. The van der Waals surface area contributed by atoms with Crippen LogP contribution in [-0.2, 0) is 13.0 Å². The van der Waals surface area contributed by atoms with Crippen molar-refractivity contribution in [2.45, 2.75) is 13.0 Å². The lowest BCUT2D eigenvalue weighted by molar-refractivity contribution is 0.0841. The minimum Gasteiger partial charge on any atom is -0.492 e. The zero-order chi connectivity index (χ0) is 24.3. The minimum atomic E-state index is -0.482. The summed E-state index contributed by atoms with van der Waals surface area (Å²) in [6, 6.07) is 33.5. The van der Waals surface area contributed by atoms with Crippen molar-refractivity contribution in [3.05, 3.63) is 131 Å². The Balaban J connectivity index is 1.34. The standard InChI is InChI=1S/C29H26N2O4/c32-28(24-15-7-9-17-26(24)34-20-19-22-11-3-1-4-12-22)30-31-29(33)25-16-8-10-18-27(25)35-21-23-13-5-2-6-14-23/h1-18H,19-21H2,(H,30,32)(H,31,33). The summed E-state index contributed by atoms with van der Waals surface area (Å²) in [5.74, 6) is -0.0876. The molecule has 35 heavy (non-hydrogen) atoms. The molecule has 0 aliphatic carbocycles. The van der Waals surface area contributed by atoms with Crippen LogP contribution < -0.4 is 20.3 Å². The largest absolute Gasteiger partial charge is 0.492 e. The summed E-state index contributed by atoms with van der Waals surface area (Å²) in [4.78, 5) is 25.6. The fraction of sp³-hybridized carbons (Fsp3) is 0.103. The molecule has 0 fully saturated rings. The Hall–Kier alpha value is -4.58. The Labute approximate surface area is 204 Å². The van der Waals surface area contributed by atoms with Gasteiger partial charge in [0.1, 0.15) is 18.1 Å². The van der Waals surface area contributed by atoms with Gasteiger partial charge in [-0.3, -0.25) is 20.4 Å². The van der Waals surface area contributed by atoms with Gasteiger partial charge in [-0.1, -0.05) is 84.9 Å². The molecule has 4 aromatic carbocycles. The maximum Gasteiger partial charge on any atom is 0.273 e. The van der Waals surface area contributed by atoms with Crippen LogP contribution in [-0.4, -0.2) is 18.4 Å². The molecule has 0 aromatic heterocycles. The summed E-state index contributed by atoms with van der Waals surface area (Å²) in [6.07, 6.45) is 0.716. The average molecular weight is 467 g/mol. The van der Waals surface area contributed by atoms with E-state index in [2.05, 4.69) is 10.9 Å². The lowest BCUT2D eigenvalue weighted by Crippen LogP contribution is -2.41. The third kappa shape index (κ3) is 6.71. The second-order valence-electron chi connectivity index (χ2n) is 7.76. The number of hydrogen-bond donors (Lipinski definition) is 2. The molecule has 0 radical (unpaired) electrons. The Morgan fingerprint density at radius 2 is 1.00 bits per heavy atom. The molecule has 176 valence electrons. The summed E-state index contributed by atoms with van der Waals surface area (Å²) in [5, 5.41) is 0. The number of carbonyl (C=O) groups is 2. The Bertz CT molecular complexity index is 1260. The molecule has 0 bridgehead atoms. The molecular weight excluding hydrogens is 440 g/mol. The zero-order valence-corrected chi connectivity index (χ0v) is 19.1. The van der Waals surface area contributed by atoms with Gasteiger partial charge in [-0.2, -0.15) is 0 Å². The highest BCUT2D eigenvalue weighted by atomic mass is 16.5. The van der Waals surface area contributed by atoms with Crippen molar-refractivity contribution in [2.24, 2.45) is 0 Å². The van der Waals surface area contributed by atoms with Crippen molar-refractivity contribution in [2.75, 3.05) is 6.61 Å². The number of rotatable bonds is 9. The molecule has 0 saturated heterocycles. The van der Waals surface area contributed by atoms with Gasteiger partial charge < -0.3 is 9.47 Å². The van der Waals surface area contributed by atoms with Crippen molar-refractivity contribution in [3.63, 3.8) is 0 Å². The molecule has 0 spiro atoms. The van der Waals surface area contributed by atoms with Crippen molar-refractivity contribution in [1.82, 2.24) is 10.9 Å². The van der Waals surface area contributed by atoms with Crippen LogP contribution in [0.4, 0.5) is 0 Å². The average Bonchev–Trinajstić information content (AvgIpc) is 2.92. The summed E-state index contributed by atoms with van der Waals surface area (Å²) < 4.78 is 11.7. The normalized spacial score (nSPS) is 10.3. The third-order valence-corrected chi connectivity index (χ3v) is 5.28. The first-order valence-corrected chi connectivity index (χ1v) is 11.3. The molecular formula is C29H26N2O4. The summed E-state index contributed by atoms with van der Waals surface area (Å²) in [6.45, 7) is 0.748. The van der Waals surface area contributed by atoms with Crippen molar-refractivity contribution in [1.29, 1.82) is 0 Å². The van der Waals surface area contributed by atoms with Crippen LogP contribution >= 0.6 is 0 Å². The molecule has 4 aromatic rings. The number of hydrogen-bond acceptors (Lipinski definition) is 4. The lowest BCUT2D eigenvalue weighted by atomic mass is 10.1. The van der Waals surface area contributed by atoms with Gasteiger partial charge in [0.05, 0.1) is 17.7 Å². The van der Waals surface area contributed by atoms with Crippen LogP contribution in [0.25, 0.3) is 0 Å². The van der Waals surface area contributed by atoms with E-state index in [4.69, 9.17) is 9.47 Å². The highest BCUT2D eigenvalue weighted by Gasteiger charge is 2.16. The highest BCUT2D eigenvalue weighted by Crippen LogP contribution is 2.20. The van der Waals surface area contributed by atoms with Crippen LogP contribution in [0.2, 0.25) is 0 Å². The predicted octanol–water partition coefficient (Wildman–Crippen LogP) is 4.96. The summed E-state index contributed by atoms with van der Waals surface area (Å²) in [5.41, 5.74) is 7.72. The van der Waals surface area contributed by atoms with E-state index in [9.17, 15) is 9.59 Å². The Morgan fingerprint density at radius 3 is 1.57 bits per heavy atom. The molecule has 6 heteroatoms. The molecule has 2 N–H and O–H groups in total. The van der Waals surface area contributed by atoms with Gasteiger partial charge in [0.25, 0.3) is 11.8 Å². The van der Waals surface area contributed by atoms with Gasteiger partial charge in [0, 0.05) is 6.42 Å². The zero-order valence-electron chi connectivity index (χ0n) is 19.1. The molecule has 0 aliphatic rings. The van der Waals surface area contributed by atoms with E-state index in [0.29, 0.717) is 42.3 Å². The van der Waals surface area contributed by atoms with Gasteiger partial charge in [0.15, 0.2) is 0 Å². The van der Waals surface area contributed by atoms with Gasteiger partial charge in [-0.15, -0.1) is 0 Å². The van der Waals surface area contributed by atoms with Gasteiger partial charge in [-0.05, 0) is 35.4 Å². The van der Waals surface area contributed by atoms with Gasteiger partial charge in [0.2, 0.25) is 0 Å². The molecule has 0 atom stereocenters. The molecule has 4 rings (SSSR count). The predicted molar refractivity (Wildman–Crippen MR) is 134 cm³/mol. The quantitative estimate of drug-likeness (QED) is 0.342. The number of ether oxygens (including phenoxy) is 2. The highest BCUT2D eigenvalue weighted by molar-refractivity contribution is 6.01. The number of para-hydroxylation sites is 2. The van der Waals surface area contributed by atoms with E-state index >= 15 is 0 Å². The number of nitrogens with one attached hydrogen (secondary N) is 2. The smallest absolute Gasteiger partial charge is 0.273 e. The third-order valence-electron chi connectivity index (χ3n) is 5.28. The van der Waals surface area contributed by atoms with E-state index in [1.165, 1.54) is 0 Å². The van der Waals surface area contributed by atoms with E-state index in [-0.39, 0.29) is 0 Å². The second kappa shape index (κ2) is 12.0. The first-order chi connectivity index (χ1) is 17.2. The second-order valence-corrected chi connectivity index (χ2v) is 7.76. The van der Waals surface area contributed by atoms with Crippen LogP contribution in [0, 0.1) is 0 Å². The summed E-state index contributed by atoms with van der Waals surface area (Å²) >= 11 is 0. The van der Waals surface area contributed by atoms with E-state index in [0.717, 1.165) is 11.1 Å². The van der Waals surface area contributed by atoms with Crippen LogP contribution in [0.3, 0.4) is 0 Å².